The number of carbonyl (C=O) groups excluding carboxylic acids is 2. The summed E-state index contributed by atoms with van der Waals surface area (Å²) >= 11 is 0. The van der Waals surface area contributed by atoms with Crippen LogP contribution in [0.4, 0.5) is 4.79 Å². The normalized spacial score (nSPS) is 28.9. The number of ether oxygens (including phenoxy) is 3. The summed E-state index contributed by atoms with van der Waals surface area (Å²) in [7, 11) is 0. The smallest absolute Gasteiger partial charge is 0.407 e. The Hall–Kier alpha value is -2.12. The molecule has 7 heteroatoms. The first kappa shape index (κ1) is 15.8. The van der Waals surface area contributed by atoms with Gasteiger partial charge in [0.15, 0.2) is 6.10 Å². The molecule has 2 heterocycles. The van der Waals surface area contributed by atoms with Crippen molar-refractivity contribution in [1.29, 1.82) is 0 Å². The molecule has 124 valence electrons. The Morgan fingerprint density at radius 1 is 1.17 bits per heavy atom. The Bertz CT molecular complexity index is 565. The molecule has 0 bridgehead atoms. The van der Waals surface area contributed by atoms with E-state index in [4.69, 9.17) is 14.2 Å². The van der Waals surface area contributed by atoms with Gasteiger partial charge in [-0.3, -0.25) is 4.79 Å². The number of hydrogen-bond donors (Lipinski definition) is 2. The average molecular weight is 320 g/mol. The van der Waals surface area contributed by atoms with Crippen molar-refractivity contribution >= 4 is 12.0 Å². The number of amides is 2. The SMILES string of the molecule is CCNC(=O)O[C@@H]1CO[C@H]2[C@@H]1OC[C@@H]2NC(=O)c1ccccc1. The minimum atomic E-state index is -0.484. The van der Waals surface area contributed by atoms with Gasteiger partial charge in [0.05, 0.1) is 19.3 Å². The van der Waals surface area contributed by atoms with Gasteiger partial charge in [-0.15, -0.1) is 0 Å². The molecular weight excluding hydrogens is 300 g/mol. The second-order valence-corrected chi connectivity index (χ2v) is 5.52. The standard InChI is InChI=1S/C16H20N2O5/c1-2-17-16(20)23-12-9-22-13-11(8-21-14(12)13)18-15(19)10-6-4-3-5-7-10/h3-7,11-14H,2,8-9H2,1H3,(H,17,20)(H,18,19)/t11-,12+,13+,14+/m0/s1. The van der Waals surface area contributed by atoms with Crippen LogP contribution in [-0.2, 0) is 14.2 Å². The predicted molar refractivity (Wildman–Crippen MR) is 81.1 cm³/mol. The summed E-state index contributed by atoms with van der Waals surface area (Å²) in [6, 6.07) is 8.72. The predicted octanol–water partition coefficient (Wildman–Crippen LogP) is 0.697. The molecule has 2 amide bonds. The van der Waals surface area contributed by atoms with Crippen molar-refractivity contribution in [2.45, 2.75) is 31.3 Å². The summed E-state index contributed by atoms with van der Waals surface area (Å²) < 4.78 is 16.6. The Labute approximate surface area is 134 Å². The molecule has 2 fully saturated rings. The third-order valence-electron chi connectivity index (χ3n) is 3.94. The second-order valence-electron chi connectivity index (χ2n) is 5.52. The van der Waals surface area contributed by atoms with Crippen LogP contribution in [0, 0.1) is 0 Å². The molecule has 4 atom stereocenters. The fourth-order valence-corrected chi connectivity index (χ4v) is 2.85. The molecule has 0 saturated carbocycles. The van der Waals surface area contributed by atoms with E-state index in [1.165, 1.54) is 0 Å². The fourth-order valence-electron chi connectivity index (χ4n) is 2.85. The first-order valence-corrected chi connectivity index (χ1v) is 7.72. The van der Waals surface area contributed by atoms with Gasteiger partial charge < -0.3 is 24.8 Å². The van der Waals surface area contributed by atoms with Gasteiger partial charge in [0, 0.05) is 12.1 Å². The highest BCUT2D eigenvalue weighted by molar-refractivity contribution is 5.94. The highest BCUT2D eigenvalue weighted by atomic mass is 16.6. The van der Waals surface area contributed by atoms with Crippen molar-refractivity contribution in [2.24, 2.45) is 0 Å². The molecule has 3 rings (SSSR count). The molecule has 23 heavy (non-hydrogen) atoms. The molecule has 0 radical (unpaired) electrons. The average Bonchev–Trinajstić information content (AvgIpc) is 3.12. The van der Waals surface area contributed by atoms with Crippen LogP contribution < -0.4 is 10.6 Å². The zero-order chi connectivity index (χ0) is 16.2. The Kier molecular flexibility index (Phi) is 4.78. The molecule has 1 aromatic rings. The monoisotopic (exact) mass is 320 g/mol. The summed E-state index contributed by atoms with van der Waals surface area (Å²) in [5, 5.41) is 5.50. The van der Waals surface area contributed by atoms with E-state index in [9.17, 15) is 9.59 Å². The van der Waals surface area contributed by atoms with E-state index < -0.39 is 12.2 Å². The van der Waals surface area contributed by atoms with Gasteiger partial charge in [0.1, 0.15) is 12.2 Å². The van der Waals surface area contributed by atoms with Crippen LogP contribution in [0.1, 0.15) is 17.3 Å². The lowest BCUT2D eigenvalue weighted by molar-refractivity contribution is 0.00408. The van der Waals surface area contributed by atoms with Crippen molar-refractivity contribution in [1.82, 2.24) is 10.6 Å². The third-order valence-corrected chi connectivity index (χ3v) is 3.94. The largest absolute Gasteiger partial charge is 0.441 e. The van der Waals surface area contributed by atoms with E-state index in [0.29, 0.717) is 18.7 Å². The number of fused-ring (bicyclic) bond motifs is 1. The van der Waals surface area contributed by atoms with E-state index in [0.717, 1.165) is 0 Å². The van der Waals surface area contributed by atoms with Gasteiger partial charge in [-0.2, -0.15) is 0 Å². The summed E-state index contributed by atoms with van der Waals surface area (Å²) in [5.41, 5.74) is 0.587. The van der Waals surface area contributed by atoms with Gasteiger partial charge in [0.25, 0.3) is 5.91 Å². The van der Waals surface area contributed by atoms with Crippen molar-refractivity contribution in [3.05, 3.63) is 35.9 Å². The number of benzene rings is 1. The van der Waals surface area contributed by atoms with E-state index in [2.05, 4.69) is 10.6 Å². The van der Waals surface area contributed by atoms with Crippen LogP contribution in [0.3, 0.4) is 0 Å². The second kappa shape index (κ2) is 6.97. The van der Waals surface area contributed by atoms with Gasteiger partial charge in [-0.1, -0.05) is 18.2 Å². The van der Waals surface area contributed by atoms with Crippen molar-refractivity contribution in [3.8, 4) is 0 Å². The first-order valence-electron chi connectivity index (χ1n) is 7.72. The molecule has 0 unspecified atom stereocenters. The number of hydrogen-bond acceptors (Lipinski definition) is 5. The first-order chi connectivity index (χ1) is 11.2. The molecule has 1 aromatic carbocycles. The third kappa shape index (κ3) is 3.46. The lowest BCUT2D eigenvalue weighted by atomic mass is 10.1. The van der Waals surface area contributed by atoms with E-state index >= 15 is 0 Å². The van der Waals surface area contributed by atoms with Crippen LogP contribution >= 0.6 is 0 Å². The maximum absolute atomic E-state index is 12.2. The summed E-state index contributed by atoms with van der Waals surface area (Å²) in [6.45, 7) is 2.92. The Balaban J connectivity index is 1.57. The van der Waals surface area contributed by atoms with Gasteiger partial charge in [-0.05, 0) is 19.1 Å². The summed E-state index contributed by atoms with van der Waals surface area (Å²) in [4.78, 5) is 23.7. The number of rotatable bonds is 4. The molecule has 7 nitrogen and oxygen atoms in total. The summed E-state index contributed by atoms with van der Waals surface area (Å²) in [6.07, 6.45) is -1.59. The highest BCUT2D eigenvalue weighted by Gasteiger charge is 2.49. The molecule has 0 spiro atoms. The summed E-state index contributed by atoms with van der Waals surface area (Å²) in [5.74, 6) is -0.170. The van der Waals surface area contributed by atoms with Crippen LogP contribution in [0.5, 0.6) is 0 Å². The fraction of sp³-hybridized carbons (Fsp3) is 0.500. The number of nitrogens with one attached hydrogen (secondary N) is 2. The van der Waals surface area contributed by atoms with Crippen LogP contribution in [0.15, 0.2) is 30.3 Å². The molecule has 2 N–H and O–H groups in total. The molecule has 2 saturated heterocycles. The van der Waals surface area contributed by atoms with E-state index in [1.807, 2.05) is 25.1 Å². The highest BCUT2D eigenvalue weighted by Crippen LogP contribution is 2.29. The lowest BCUT2D eigenvalue weighted by Gasteiger charge is -2.18. The quantitative estimate of drug-likeness (QED) is 0.853. The zero-order valence-electron chi connectivity index (χ0n) is 12.9. The van der Waals surface area contributed by atoms with Crippen LogP contribution in [0.2, 0.25) is 0 Å². The molecule has 2 aliphatic heterocycles. The molecule has 0 aromatic heterocycles. The van der Waals surface area contributed by atoms with Crippen LogP contribution in [0.25, 0.3) is 0 Å². The minimum absolute atomic E-state index is 0.170. The van der Waals surface area contributed by atoms with Crippen LogP contribution in [-0.4, -0.2) is 56.1 Å². The Morgan fingerprint density at radius 2 is 1.91 bits per heavy atom. The lowest BCUT2D eigenvalue weighted by Crippen LogP contribution is -2.44. The molecule has 2 aliphatic rings. The molecular formula is C16H20N2O5. The van der Waals surface area contributed by atoms with E-state index in [-0.39, 0.29) is 30.8 Å². The number of carbonyl (C=O) groups is 2. The zero-order valence-corrected chi connectivity index (χ0v) is 12.9. The van der Waals surface area contributed by atoms with Crippen molar-refractivity contribution in [3.63, 3.8) is 0 Å². The Morgan fingerprint density at radius 3 is 2.65 bits per heavy atom. The van der Waals surface area contributed by atoms with Gasteiger partial charge in [-0.25, -0.2) is 4.79 Å². The minimum Gasteiger partial charge on any atom is -0.441 e. The van der Waals surface area contributed by atoms with Crippen molar-refractivity contribution < 1.29 is 23.8 Å². The van der Waals surface area contributed by atoms with E-state index in [1.54, 1.807) is 12.1 Å². The number of alkyl carbamates (subject to hydrolysis) is 1. The molecule has 0 aliphatic carbocycles. The van der Waals surface area contributed by atoms with Gasteiger partial charge in [0.2, 0.25) is 0 Å². The topological polar surface area (TPSA) is 85.9 Å². The maximum Gasteiger partial charge on any atom is 0.407 e. The maximum atomic E-state index is 12.2. The van der Waals surface area contributed by atoms with Gasteiger partial charge >= 0.3 is 6.09 Å². The van der Waals surface area contributed by atoms with Crippen molar-refractivity contribution in [2.75, 3.05) is 19.8 Å².